The number of amides is 1. The second-order valence-corrected chi connectivity index (χ2v) is 6.10. The van der Waals surface area contributed by atoms with Gasteiger partial charge in [0.05, 0.1) is 31.4 Å². The highest BCUT2D eigenvalue weighted by Gasteiger charge is 2.36. The van der Waals surface area contributed by atoms with Crippen molar-refractivity contribution in [2.75, 3.05) is 39.4 Å². The molecule has 1 amide bonds. The van der Waals surface area contributed by atoms with Gasteiger partial charge in [-0.2, -0.15) is 0 Å². The van der Waals surface area contributed by atoms with Crippen molar-refractivity contribution in [2.24, 2.45) is 0 Å². The van der Waals surface area contributed by atoms with E-state index in [0.717, 1.165) is 25.9 Å². The fourth-order valence-corrected chi connectivity index (χ4v) is 2.65. The molecule has 0 saturated carbocycles. The van der Waals surface area contributed by atoms with E-state index in [-0.39, 0.29) is 11.9 Å². The van der Waals surface area contributed by atoms with Gasteiger partial charge in [0.1, 0.15) is 0 Å². The van der Waals surface area contributed by atoms with Crippen molar-refractivity contribution in [1.82, 2.24) is 9.80 Å². The fraction of sp³-hybridized carbons (Fsp3) is 0.933. The molecule has 1 N–H and O–H groups in total. The molecule has 0 aromatic heterocycles. The molecule has 0 aromatic rings. The average Bonchev–Trinajstić information content (AvgIpc) is 2.38. The Morgan fingerprint density at radius 2 is 1.95 bits per heavy atom. The minimum Gasteiger partial charge on any atom is -0.389 e. The van der Waals surface area contributed by atoms with Gasteiger partial charge in [-0.05, 0) is 26.7 Å². The zero-order valence-corrected chi connectivity index (χ0v) is 13.4. The molecule has 1 heterocycles. The monoisotopic (exact) mass is 286 g/mol. The van der Waals surface area contributed by atoms with Gasteiger partial charge in [-0.1, -0.05) is 13.8 Å². The third-order valence-corrected chi connectivity index (χ3v) is 3.73. The van der Waals surface area contributed by atoms with E-state index in [1.807, 2.05) is 4.90 Å². The van der Waals surface area contributed by atoms with E-state index in [2.05, 4.69) is 18.7 Å². The number of rotatable bonds is 7. The average molecular weight is 286 g/mol. The molecule has 0 spiro atoms. The molecule has 0 aromatic carbocycles. The Labute approximate surface area is 122 Å². The van der Waals surface area contributed by atoms with E-state index >= 15 is 0 Å². The summed E-state index contributed by atoms with van der Waals surface area (Å²) < 4.78 is 5.45. The van der Waals surface area contributed by atoms with Gasteiger partial charge >= 0.3 is 0 Å². The lowest BCUT2D eigenvalue weighted by molar-refractivity contribution is -0.139. The first-order valence-electron chi connectivity index (χ1n) is 7.72. The number of aliphatic hydroxyl groups is 1. The van der Waals surface area contributed by atoms with E-state index in [9.17, 15) is 9.90 Å². The molecule has 0 aliphatic carbocycles. The van der Waals surface area contributed by atoms with Crippen molar-refractivity contribution >= 4 is 5.91 Å². The molecule has 1 saturated heterocycles. The Hall–Kier alpha value is -0.650. The van der Waals surface area contributed by atoms with Gasteiger partial charge in [0.2, 0.25) is 5.91 Å². The van der Waals surface area contributed by atoms with E-state index in [1.54, 1.807) is 13.8 Å². The van der Waals surface area contributed by atoms with Crippen LogP contribution in [0.1, 0.15) is 40.5 Å². The number of hydrogen-bond acceptors (Lipinski definition) is 4. The highest BCUT2D eigenvalue weighted by Crippen LogP contribution is 2.19. The highest BCUT2D eigenvalue weighted by atomic mass is 16.5. The Morgan fingerprint density at radius 1 is 1.35 bits per heavy atom. The third kappa shape index (κ3) is 5.04. The van der Waals surface area contributed by atoms with Crippen LogP contribution in [0.5, 0.6) is 0 Å². The van der Waals surface area contributed by atoms with E-state index in [4.69, 9.17) is 4.74 Å². The molecule has 5 heteroatoms. The van der Waals surface area contributed by atoms with Crippen molar-refractivity contribution in [3.8, 4) is 0 Å². The zero-order chi connectivity index (χ0) is 15.2. The van der Waals surface area contributed by atoms with Crippen LogP contribution in [0, 0.1) is 0 Å². The van der Waals surface area contributed by atoms with Crippen molar-refractivity contribution in [2.45, 2.75) is 52.2 Å². The standard InChI is InChI=1S/C15H30N2O3/c1-5-7-16(8-6-2)14(18)11-17-9-10-20-12-13(17)15(3,4)19/h13,19H,5-12H2,1-4H3. The maximum Gasteiger partial charge on any atom is 0.236 e. The molecule has 1 unspecified atom stereocenters. The maximum absolute atomic E-state index is 12.4. The molecule has 1 rings (SSSR count). The fourth-order valence-electron chi connectivity index (χ4n) is 2.65. The predicted molar refractivity (Wildman–Crippen MR) is 79.6 cm³/mol. The molecule has 0 bridgehead atoms. The highest BCUT2D eigenvalue weighted by molar-refractivity contribution is 5.78. The molecule has 118 valence electrons. The second-order valence-electron chi connectivity index (χ2n) is 6.10. The SMILES string of the molecule is CCCN(CCC)C(=O)CN1CCOCC1C(C)(C)O. The van der Waals surface area contributed by atoms with Crippen molar-refractivity contribution in [3.05, 3.63) is 0 Å². The summed E-state index contributed by atoms with van der Waals surface area (Å²) in [7, 11) is 0. The van der Waals surface area contributed by atoms with Gasteiger partial charge in [0.15, 0.2) is 0 Å². The van der Waals surface area contributed by atoms with E-state index < -0.39 is 5.60 Å². The second kappa shape index (κ2) is 7.96. The van der Waals surface area contributed by atoms with Crippen LogP contribution in [0.15, 0.2) is 0 Å². The number of carbonyl (C=O) groups is 1. The first-order chi connectivity index (χ1) is 9.40. The largest absolute Gasteiger partial charge is 0.389 e. The smallest absolute Gasteiger partial charge is 0.236 e. The Morgan fingerprint density at radius 3 is 2.45 bits per heavy atom. The molecule has 5 nitrogen and oxygen atoms in total. The summed E-state index contributed by atoms with van der Waals surface area (Å²) in [4.78, 5) is 16.4. The van der Waals surface area contributed by atoms with Crippen LogP contribution < -0.4 is 0 Å². The van der Waals surface area contributed by atoms with Crippen LogP contribution in [-0.2, 0) is 9.53 Å². The Bertz CT molecular complexity index is 296. The van der Waals surface area contributed by atoms with Crippen LogP contribution in [0.3, 0.4) is 0 Å². The summed E-state index contributed by atoms with van der Waals surface area (Å²) in [6.07, 6.45) is 1.95. The topological polar surface area (TPSA) is 53.0 Å². The van der Waals surface area contributed by atoms with Crippen LogP contribution in [0.4, 0.5) is 0 Å². The third-order valence-electron chi connectivity index (χ3n) is 3.73. The van der Waals surface area contributed by atoms with Crippen LogP contribution in [0.25, 0.3) is 0 Å². The molecule has 20 heavy (non-hydrogen) atoms. The molecule has 1 aliphatic heterocycles. The number of ether oxygens (including phenoxy) is 1. The maximum atomic E-state index is 12.4. The van der Waals surface area contributed by atoms with Gasteiger partial charge in [-0.15, -0.1) is 0 Å². The first kappa shape index (κ1) is 17.4. The normalized spacial score (nSPS) is 20.9. The molecular formula is C15H30N2O3. The molecular weight excluding hydrogens is 256 g/mol. The minimum atomic E-state index is -0.860. The quantitative estimate of drug-likeness (QED) is 0.761. The summed E-state index contributed by atoms with van der Waals surface area (Å²) in [6, 6.07) is -0.120. The summed E-state index contributed by atoms with van der Waals surface area (Å²) in [6.45, 7) is 11.5. The molecule has 1 fully saturated rings. The first-order valence-corrected chi connectivity index (χ1v) is 7.72. The van der Waals surface area contributed by atoms with Crippen LogP contribution in [0.2, 0.25) is 0 Å². The van der Waals surface area contributed by atoms with Crippen LogP contribution in [-0.4, -0.2) is 71.8 Å². The number of carbonyl (C=O) groups excluding carboxylic acids is 1. The zero-order valence-electron chi connectivity index (χ0n) is 13.4. The van der Waals surface area contributed by atoms with Gasteiger partial charge in [0.25, 0.3) is 0 Å². The van der Waals surface area contributed by atoms with Crippen LogP contribution >= 0.6 is 0 Å². The van der Waals surface area contributed by atoms with Gasteiger partial charge in [-0.25, -0.2) is 0 Å². The summed E-state index contributed by atoms with van der Waals surface area (Å²) >= 11 is 0. The lowest BCUT2D eigenvalue weighted by Gasteiger charge is -2.42. The lowest BCUT2D eigenvalue weighted by atomic mass is 9.97. The molecule has 1 aliphatic rings. The van der Waals surface area contributed by atoms with Gasteiger partial charge in [0, 0.05) is 19.6 Å². The number of nitrogens with zero attached hydrogens (tertiary/aromatic N) is 2. The Balaban J connectivity index is 2.65. The van der Waals surface area contributed by atoms with E-state index in [0.29, 0.717) is 26.3 Å². The molecule has 0 radical (unpaired) electrons. The summed E-state index contributed by atoms with van der Waals surface area (Å²) in [5.74, 6) is 0.157. The number of morpholine rings is 1. The van der Waals surface area contributed by atoms with Crippen molar-refractivity contribution in [1.29, 1.82) is 0 Å². The summed E-state index contributed by atoms with van der Waals surface area (Å²) in [5.41, 5.74) is -0.860. The summed E-state index contributed by atoms with van der Waals surface area (Å²) in [5, 5.41) is 10.2. The number of hydrogen-bond donors (Lipinski definition) is 1. The van der Waals surface area contributed by atoms with Gasteiger partial charge in [-0.3, -0.25) is 9.69 Å². The minimum absolute atomic E-state index is 0.120. The Kier molecular flexibility index (Phi) is 6.92. The van der Waals surface area contributed by atoms with Gasteiger partial charge < -0.3 is 14.7 Å². The molecule has 1 atom stereocenters. The van der Waals surface area contributed by atoms with E-state index in [1.165, 1.54) is 0 Å². The van der Waals surface area contributed by atoms with Crippen molar-refractivity contribution < 1.29 is 14.6 Å². The predicted octanol–water partition coefficient (Wildman–Crippen LogP) is 1.11. The van der Waals surface area contributed by atoms with Crippen molar-refractivity contribution in [3.63, 3.8) is 0 Å². The lowest BCUT2D eigenvalue weighted by Crippen LogP contribution is -2.58.